The molecule has 0 spiro atoms. The van der Waals surface area contributed by atoms with Crippen molar-refractivity contribution in [1.29, 1.82) is 0 Å². The van der Waals surface area contributed by atoms with Crippen LogP contribution in [0.15, 0.2) is 23.2 Å². The van der Waals surface area contributed by atoms with Crippen molar-refractivity contribution in [1.82, 2.24) is 10.6 Å². The monoisotopic (exact) mass is 357 g/mol. The van der Waals surface area contributed by atoms with Crippen LogP contribution in [0.25, 0.3) is 0 Å². The van der Waals surface area contributed by atoms with E-state index in [1.165, 1.54) is 12.3 Å². The van der Waals surface area contributed by atoms with Crippen LogP contribution < -0.4 is 10.6 Å². The minimum atomic E-state index is -3.22. The van der Waals surface area contributed by atoms with Gasteiger partial charge < -0.3 is 10.6 Å². The lowest BCUT2D eigenvalue weighted by molar-refractivity contribution is 0.554. The lowest BCUT2D eigenvalue weighted by atomic mass is 10.1. The number of rotatable bonds is 6. The van der Waals surface area contributed by atoms with Gasteiger partial charge in [-0.1, -0.05) is 12.1 Å². The average Bonchev–Trinajstić information content (AvgIpc) is 2.46. The fourth-order valence-electron chi connectivity index (χ4n) is 1.87. The number of nitrogens with zero attached hydrogens (tertiary/aromatic N) is 1. The zero-order valence-electron chi connectivity index (χ0n) is 15.3. The number of hydrogen-bond donors (Lipinski definition) is 2. The molecule has 5 nitrogen and oxygen atoms in total. The highest BCUT2D eigenvalue weighted by Crippen LogP contribution is 2.17. The standard InChI is InChI=1S/C17H28FN3O2S/c1-7-19-16(20-11-17(4,5)24(6,22)23)21-13(3)14-9-8-12(2)15(18)10-14/h8-10,13H,7,11H2,1-6H3,(H2,19,20,21). The van der Waals surface area contributed by atoms with Crippen molar-refractivity contribution in [2.45, 2.75) is 45.4 Å². The summed E-state index contributed by atoms with van der Waals surface area (Å²) in [6.07, 6.45) is 1.21. The number of aryl methyl sites for hydroxylation is 1. The molecule has 0 aliphatic carbocycles. The van der Waals surface area contributed by atoms with Gasteiger partial charge in [-0.2, -0.15) is 0 Å². The highest BCUT2D eigenvalue weighted by atomic mass is 32.2. The number of aliphatic imine (C=N–C) groups is 1. The van der Waals surface area contributed by atoms with Crippen molar-refractivity contribution >= 4 is 15.8 Å². The number of nitrogens with one attached hydrogen (secondary N) is 2. The first-order chi connectivity index (χ1) is 11.0. The summed E-state index contributed by atoms with van der Waals surface area (Å²) in [7, 11) is -3.22. The van der Waals surface area contributed by atoms with Gasteiger partial charge in [0.15, 0.2) is 15.8 Å². The smallest absolute Gasteiger partial charge is 0.191 e. The molecule has 0 aliphatic rings. The summed E-state index contributed by atoms with van der Waals surface area (Å²) in [5.74, 6) is 0.254. The fraction of sp³-hybridized carbons (Fsp3) is 0.588. The Morgan fingerprint density at radius 1 is 1.38 bits per heavy atom. The Morgan fingerprint density at radius 3 is 2.50 bits per heavy atom. The maximum absolute atomic E-state index is 13.7. The van der Waals surface area contributed by atoms with E-state index in [0.717, 1.165) is 5.56 Å². The van der Waals surface area contributed by atoms with Gasteiger partial charge in [-0.15, -0.1) is 0 Å². The van der Waals surface area contributed by atoms with Gasteiger partial charge in [-0.05, 0) is 51.8 Å². The molecular formula is C17H28FN3O2S. The fourth-order valence-corrected chi connectivity index (χ4v) is 2.17. The van der Waals surface area contributed by atoms with Crippen molar-refractivity contribution in [2.24, 2.45) is 4.99 Å². The Morgan fingerprint density at radius 2 is 2.00 bits per heavy atom. The van der Waals surface area contributed by atoms with E-state index in [0.29, 0.717) is 18.1 Å². The van der Waals surface area contributed by atoms with E-state index in [-0.39, 0.29) is 18.4 Å². The molecule has 136 valence electrons. The largest absolute Gasteiger partial charge is 0.357 e. The van der Waals surface area contributed by atoms with Crippen molar-refractivity contribution in [2.75, 3.05) is 19.3 Å². The topological polar surface area (TPSA) is 70.6 Å². The van der Waals surface area contributed by atoms with Crippen molar-refractivity contribution in [3.05, 3.63) is 35.1 Å². The van der Waals surface area contributed by atoms with Crippen LogP contribution in [0.2, 0.25) is 0 Å². The van der Waals surface area contributed by atoms with Gasteiger partial charge >= 0.3 is 0 Å². The second-order valence-electron chi connectivity index (χ2n) is 6.60. The van der Waals surface area contributed by atoms with Gasteiger partial charge in [0.25, 0.3) is 0 Å². The van der Waals surface area contributed by atoms with Gasteiger partial charge in [-0.25, -0.2) is 12.8 Å². The van der Waals surface area contributed by atoms with Crippen LogP contribution >= 0.6 is 0 Å². The molecule has 0 aliphatic heterocycles. The molecule has 0 bridgehead atoms. The third-order valence-corrected chi connectivity index (χ3v) is 6.15. The van der Waals surface area contributed by atoms with Gasteiger partial charge in [-0.3, -0.25) is 4.99 Å². The molecule has 0 amide bonds. The summed E-state index contributed by atoms with van der Waals surface area (Å²) in [6, 6.07) is 4.93. The lowest BCUT2D eigenvalue weighted by Gasteiger charge is -2.22. The zero-order valence-corrected chi connectivity index (χ0v) is 16.1. The molecule has 2 N–H and O–H groups in total. The molecular weight excluding hydrogens is 329 g/mol. The van der Waals surface area contributed by atoms with Crippen LogP contribution in [0.3, 0.4) is 0 Å². The van der Waals surface area contributed by atoms with Crippen LogP contribution in [0.1, 0.15) is 44.9 Å². The maximum atomic E-state index is 13.7. The van der Waals surface area contributed by atoms with Crippen molar-refractivity contribution in [3.63, 3.8) is 0 Å². The number of benzene rings is 1. The van der Waals surface area contributed by atoms with Crippen LogP contribution in [0.5, 0.6) is 0 Å². The molecule has 1 rings (SSSR count). The number of halogens is 1. The summed E-state index contributed by atoms with van der Waals surface area (Å²) in [4.78, 5) is 4.38. The number of guanidine groups is 1. The molecule has 0 fully saturated rings. The minimum absolute atomic E-state index is 0.135. The molecule has 0 heterocycles. The second-order valence-corrected chi connectivity index (χ2v) is 9.25. The number of hydrogen-bond acceptors (Lipinski definition) is 3. The molecule has 1 aromatic carbocycles. The summed E-state index contributed by atoms with van der Waals surface area (Å²) < 4.78 is 36.3. The van der Waals surface area contributed by atoms with Crippen molar-refractivity contribution < 1.29 is 12.8 Å². The van der Waals surface area contributed by atoms with E-state index in [4.69, 9.17) is 0 Å². The molecule has 1 atom stereocenters. The van der Waals surface area contributed by atoms with Crippen LogP contribution in [-0.2, 0) is 9.84 Å². The van der Waals surface area contributed by atoms with E-state index < -0.39 is 14.6 Å². The maximum Gasteiger partial charge on any atom is 0.191 e. The highest BCUT2D eigenvalue weighted by molar-refractivity contribution is 7.92. The summed E-state index contributed by atoms with van der Waals surface area (Å²) in [6.45, 7) is 9.61. The van der Waals surface area contributed by atoms with Crippen molar-refractivity contribution in [3.8, 4) is 0 Å². The first kappa shape index (κ1) is 20.4. The third kappa shape index (κ3) is 5.47. The molecule has 24 heavy (non-hydrogen) atoms. The molecule has 7 heteroatoms. The predicted octanol–water partition coefficient (Wildman–Crippen LogP) is 2.57. The molecule has 1 unspecified atom stereocenters. The Kier molecular flexibility index (Phi) is 6.77. The van der Waals surface area contributed by atoms with Crippen LogP contribution in [-0.4, -0.2) is 38.5 Å². The van der Waals surface area contributed by atoms with Gasteiger partial charge in [0, 0.05) is 12.8 Å². The summed E-state index contributed by atoms with van der Waals surface area (Å²) >= 11 is 0. The molecule has 0 radical (unpaired) electrons. The Hall–Kier alpha value is -1.63. The Balaban J connectivity index is 2.92. The highest BCUT2D eigenvalue weighted by Gasteiger charge is 2.30. The molecule has 0 aromatic heterocycles. The summed E-state index contributed by atoms with van der Waals surface area (Å²) in [5.41, 5.74) is 1.40. The predicted molar refractivity (Wildman–Crippen MR) is 97.6 cm³/mol. The van der Waals surface area contributed by atoms with E-state index in [1.807, 2.05) is 19.9 Å². The molecule has 1 aromatic rings. The van der Waals surface area contributed by atoms with E-state index in [9.17, 15) is 12.8 Å². The van der Waals surface area contributed by atoms with E-state index in [2.05, 4.69) is 15.6 Å². The average molecular weight is 357 g/mol. The van der Waals surface area contributed by atoms with Gasteiger partial charge in [0.2, 0.25) is 0 Å². The number of sulfone groups is 1. The van der Waals surface area contributed by atoms with E-state index >= 15 is 0 Å². The quantitative estimate of drug-likeness (QED) is 0.606. The first-order valence-corrected chi connectivity index (χ1v) is 9.87. The molecule has 0 saturated carbocycles. The first-order valence-electron chi connectivity index (χ1n) is 7.98. The normalized spacial score (nSPS) is 14.4. The van der Waals surface area contributed by atoms with Crippen LogP contribution in [0.4, 0.5) is 4.39 Å². The SMILES string of the molecule is CCNC(=NCC(C)(C)S(C)(=O)=O)NC(C)c1ccc(C)c(F)c1. The second kappa shape index (κ2) is 7.96. The third-order valence-electron chi connectivity index (χ3n) is 4.02. The van der Waals surface area contributed by atoms with E-state index in [1.54, 1.807) is 26.8 Å². The molecule has 0 saturated heterocycles. The van der Waals surface area contributed by atoms with Crippen LogP contribution in [0, 0.1) is 12.7 Å². The zero-order chi connectivity index (χ0) is 18.5. The Labute approximate surface area is 144 Å². The summed E-state index contributed by atoms with van der Waals surface area (Å²) in [5, 5.41) is 6.27. The lowest BCUT2D eigenvalue weighted by Crippen LogP contribution is -2.41. The van der Waals surface area contributed by atoms with Gasteiger partial charge in [0.1, 0.15) is 5.82 Å². The minimum Gasteiger partial charge on any atom is -0.357 e. The Bertz CT molecular complexity index is 700. The van der Waals surface area contributed by atoms with Gasteiger partial charge in [0.05, 0.1) is 17.3 Å².